The third-order valence-electron chi connectivity index (χ3n) is 3.42. The van der Waals surface area contributed by atoms with Crippen LogP contribution in [0, 0.1) is 0 Å². The Balaban J connectivity index is 1.79. The van der Waals surface area contributed by atoms with Gasteiger partial charge in [-0.1, -0.05) is 52.0 Å². The van der Waals surface area contributed by atoms with E-state index in [1.54, 1.807) is 18.9 Å². The van der Waals surface area contributed by atoms with Gasteiger partial charge in [0.25, 0.3) is 0 Å². The molecule has 3 rings (SSSR count). The van der Waals surface area contributed by atoms with E-state index in [0.717, 1.165) is 32.5 Å². The Hall–Kier alpha value is -1.79. The van der Waals surface area contributed by atoms with Crippen molar-refractivity contribution in [2.75, 3.05) is 7.11 Å². The molecule has 0 aliphatic carbocycles. The maximum atomic E-state index is 5.27. The highest BCUT2D eigenvalue weighted by Crippen LogP contribution is 2.27. The van der Waals surface area contributed by atoms with Crippen LogP contribution in [-0.4, -0.2) is 21.9 Å². The van der Waals surface area contributed by atoms with Gasteiger partial charge in [0.15, 0.2) is 11.0 Å². The van der Waals surface area contributed by atoms with E-state index in [1.807, 2.05) is 48.0 Å². The molecule has 0 aliphatic rings. The summed E-state index contributed by atoms with van der Waals surface area (Å²) in [5.74, 6) is 2.50. The van der Waals surface area contributed by atoms with E-state index in [0.29, 0.717) is 0 Å². The van der Waals surface area contributed by atoms with E-state index in [2.05, 4.69) is 38.3 Å². The van der Waals surface area contributed by atoms with Crippen molar-refractivity contribution in [2.24, 2.45) is 7.05 Å². The highest BCUT2D eigenvalue weighted by molar-refractivity contribution is 9.10. The highest BCUT2D eigenvalue weighted by Gasteiger charge is 2.12. The smallest absolute Gasteiger partial charge is 0.191 e. The minimum absolute atomic E-state index is 0.814. The number of hydrogen-bond donors (Lipinski definition) is 0. The zero-order valence-corrected chi connectivity index (χ0v) is 15.3. The van der Waals surface area contributed by atoms with Crippen molar-refractivity contribution in [3.8, 4) is 17.1 Å². The number of ether oxygens (including phenoxy) is 1. The summed E-state index contributed by atoms with van der Waals surface area (Å²) in [7, 11) is 3.65. The quantitative estimate of drug-likeness (QED) is 0.600. The molecule has 2 aromatic carbocycles. The van der Waals surface area contributed by atoms with Crippen molar-refractivity contribution in [3.63, 3.8) is 0 Å². The van der Waals surface area contributed by atoms with Crippen LogP contribution >= 0.6 is 27.7 Å². The van der Waals surface area contributed by atoms with Crippen molar-refractivity contribution in [1.82, 2.24) is 14.8 Å². The number of rotatable bonds is 5. The molecule has 0 atom stereocenters. The summed E-state index contributed by atoms with van der Waals surface area (Å²) in [4.78, 5) is 0. The number of methoxy groups -OCH3 is 1. The Bertz CT molecular complexity index is 819. The van der Waals surface area contributed by atoms with E-state index in [9.17, 15) is 0 Å². The predicted molar refractivity (Wildman–Crippen MR) is 96.7 cm³/mol. The Kier molecular flexibility index (Phi) is 5.03. The van der Waals surface area contributed by atoms with E-state index in [1.165, 1.54) is 5.56 Å². The number of thioether (sulfide) groups is 1. The number of hydrogen-bond acceptors (Lipinski definition) is 4. The summed E-state index contributed by atoms with van der Waals surface area (Å²) in [6.07, 6.45) is 0. The molecule has 0 N–H and O–H groups in total. The Morgan fingerprint density at radius 1 is 1.13 bits per heavy atom. The Labute approximate surface area is 148 Å². The van der Waals surface area contributed by atoms with Gasteiger partial charge < -0.3 is 9.30 Å². The summed E-state index contributed by atoms with van der Waals surface area (Å²) >= 11 is 5.17. The monoisotopic (exact) mass is 389 g/mol. The van der Waals surface area contributed by atoms with Gasteiger partial charge in [-0.15, -0.1) is 10.2 Å². The van der Waals surface area contributed by atoms with Gasteiger partial charge in [0.05, 0.1) is 7.11 Å². The van der Waals surface area contributed by atoms with Crippen molar-refractivity contribution < 1.29 is 4.74 Å². The van der Waals surface area contributed by atoms with Crippen LogP contribution in [0.2, 0.25) is 0 Å². The lowest BCUT2D eigenvalue weighted by Gasteiger charge is -2.06. The molecule has 0 bridgehead atoms. The summed E-state index contributed by atoms with van der Waals surface area (Å²) in [6, 6.07) is 16.1. The van der Waals surface area contributed by atoms with Gasteiger partial charge >= 0.3 is 0 Å². The Morgan fingerprint density at radius 2 is 1.96 bits per heavy atom. The molecule has 0 saturated heterocycles. The molecular weight excluding hydrogens is 374 g/mol. The molecule has 0 spiro atoms. The minimum Gasteiger partial charge on any atom is -0.497 e. The van der Waals surface area contributed by atoms with Crippen LogP contribution in [0.25, 0.3) is 11.4 Å². The molecule has 0 fully saturated rings. The first kappa shape index (κ1) is 16.1. The van der Waals surface area contributed by atoms with E-state index in [4.69, 9.17) is 4.74 Å². The number of aromatic nitrogens is 3. The molecule has 4 nitrogen and oxygen atoms in total. The third kappa shape index (κ3) is 3.76. The zero-order chi connectivity index (χ0) is 16.2. The van der Waals surface area contributed by atoms with E-state index >= 15 is 0 Å². The molecule has 0 amide bonds. The lowest BCUT2D eigenvalue weighted by molar-refractivity contribution is 0.415. The average molecular weight is 390 g/mol. The van der Waals surface area contributed by atoms with Crippen LogP contribution in [0.1, 0.15) is 5.56 Å². The van der Waals surface area contributed by atoms with Crippen LogP contribution < -0.4 is 4.74 Å². The molecule has 0 unspecified atom stereocenters. The van der Waals surface area contributed by atoms with Crippen LogP contribution in [-0.2, 0) is 12.8 Å². The fourth-order valence-corrected chi connectivity index (χ4v) is 3.53. The van der Waals surface area contributed by atoms with Gasteiger partial charge in [-0.25, -0.2) is 0 Å². The normalized spacial score (nSPS) is 10.7. The van der Waals surface area contributed by atoms with Gasteiger partial charge in [-0.2, -0.15) is 0 Å². The average Bonchev–Trinajstić information content (AvgIpc) is 2.94. The van der Waals surface area contributed by atoms with E-state index in [-0.39, 0.29) is 0 Å². The van der Waals surface area contributed by atoms with Gasteiger partial charge in [0, 0.05) is 22.8 Å². The predicted octanol–water partition coefficient (Wildman–Crippen LogP) is 4.55. The first-order chi connectivity index (χ1) is 11.2. The molecule has 3 aromatic rings. The van der Waals surface area contributed by atoms with Crippen LogP contribution in [0.3, 0.4) is 0 Å². The standard InChI is InChI=1S/C17H16BrN3OS/c1-21-16(13-6-4-8-15(10-13)22-2)19-20-17(21)23-11-12-5-3-7-14(18)9-12/h3-10H,11H2,1-2H3. The molecule has 6 heteroatoms. The molecule has 1 heterocycles. The topological polar surface area (TPSA) is 39.9 Å². The summed E-state index contributed by atoms with van der Waals surface area (Å²) in [6.45, 7) is 0. The maximum absolute atomic E-state index is 5.27. The molecule has 23 heavy (non-hydrogen) atoms. The first-order valence-corrected chi connectivity index (χ1v) is 8.86. The molecule has 0 saturated carbocycles. The van der Waals surface area contributed by atoms with Crippen LogP contribution in [0.4, 0.5) is 0 Å². The van der Waals surface area contributed by atoms with Gasteiger partial charge in [-0.3, -0.25) is 0 Å². The van der Waals surface area contributed by atoms with Crippen molar-refractivity contribution in [3.05, 3.63) is 58.6 Å². The lowest BCUT2D eigenvalue weighted by atomic mass is 10.2. The number of halogens is 1. The number of benzene rings is 2. The fourth-order valence-electron chi connectivity index (χ4n) is 2.23. The van der Waals surface area contributed by atoms with Crippen molar-refractivity contribution in [2.45, 2.75) is 10.9 Å². The maximum Gasteiger partial charge on any atom is 0.191 e. The van der Waals surface area contributed by atoms with E-state index < -0.39 is 0 Å². The molecule has 118 valence electrons. The summed E-state index contributed by atoms with van der Waals surface area (Å²) in [5.41, 5.74) is 2.24. The summed E-state index contributed by atoms with van der Waals surface area (Å²) < 4.78 is 8.37. The first-order valence-electron chi connectivity index (χ1n) is 7.08. The zero-order valence-electron chi connectivity index (χ0n) is 12.9. The number of nitrogens with zero attached hydrogens (tertiary/aromatic N) is 3. The fraction of sp³-hybridized carbons (Fsp3) is 0.176. The minimum atomic E-state index is 0.814. The van der Waals surface area contributed by atoms with Crippen molar-refractivity contribution in [1.29, 1.82) is 0 Å². The van der Waals surface area contributed by atoms with Crippen molar-refractivity contribution >= 4 is 27.7 Å². The third-order valence-corrected chi connectivity index (χ3v) is 5.00. The molecule has 0 radical (unpaired) electrons. The molecule has 1 aromatic heterocycles. The Morgan fingerprint density at radius 3 is 2.74 bits per heavy atom. The van der Waals surface area contributed by atoms with Gasteiger partial charge in [0.1, 0.15) is 5.75 Å². The summed E-state index contributed by atoms with van der Waals surface area (Å²) in [5, 5.41) is 9.52. The largest absolute Gasteiger partial charge is 0.497 e. The second-order valence-corrected chi connectivity index (χ2v) is 6.87. The van der Waals surface area contributed by atoms with Crippen LogP contribution in [0.15, 0.2) is 58.2 Å². The second kappa shape index (κ2) is 7.19. The SMILES string of the molecule is COc1cccc(-c2nnc(SCc3cccc(Br)c3)n2C)c1. The second-order valence-electron chi connectivity index (χ2n) is 5.02. The highest BCUT2D eigenvalue weighted by atomic mass is 79.9. The van der Waals surface area contributed by atoms with Gasteiger partial charge in [-0.05, 0) is 29.8 Å². The molecular formula is C17H16BrN3OS. The molecule has 0 aliphatic heterocycles. The lowest BCUT2D eigenvalue weighted by Crippen LogP contribution is -1.95. The van der Waals surface area contributed by atoms with Gasteiger partial charge in [0.2, 0.25) is 0 Å². The van der Waals surface area contributed by atoms with Crippen LogP contribution in [0.5, 0.6) is 5.75 Å².